The van der Waals surface area contributed by atoms with Gasteiger partial charge in [0.05, 0.1) is 12.2 Å². The van der Waals surface area contributed by atoms with E-state index in [0.29, 0.717) is 17.2 Å². The number of carbonyl (C=O) groups is 1. The Morgan fingerprint density at radius 3 is 2.59 bits per heavy atom. The average Bonchev–Trinajstić information content (AvgIpc) is 2.55. The molecular formula is C18H14ClNO2. The van der Waals surface area contributed by atoms with E-state index in [2.05, 4.69) is 4.98 Å². The molecule has 0 aliphatic carbocycles. The molecule has 22 heavy (non-hydrogen) atoms. The van der Waals surface area contributed by atoms with Gasteiger partial charge in [-0.15, -0.1) is 0 Å². The van der Waals surface area contributed by atoms with E-state index in [0.717, 1.165) is 21.9 Å². The van der Waals surface area contributed by atoms with Crippen molar-refractivity contribution in [3.63, 3.8) is 0 Å². The van der Waals surface area contributed by atoms with Crippen molar-refractivity contribution in [2.24, 2.45) is 0 Å². The Kier molecular flexibility index (Phi) is 4.07. The van der Waals surface area contributed by atoms with Crippen molar-refractivity contribution in [2.45, 2.75) is 6.92 Å². The maximum Gasteiger partial charge on any atom is 0.338 e. The van der Waals surface area contributed by atoms with Crippen LogP contribution in [0.25, 0.3) is 21.9 Å². The van der Waals surface area contributed by atoms with Gasteiger partial charge < -0.3 is 4.74 Å². The number of rotatable bonds is 3. The Bertz CT molecular complexity index is 831. The molecule has 0 fully saturated rings. The first-order chi connectivity index (χ1) is 10.7. The lowest BCUT2D eigenvalue weighted by Gasteiger charge is -2.11. The van der Waals surface area contributed by atoms with Crippen molar-refractivity contribution in [1.82, 2.24) is 4.98 Å². The predicted molar refractivity (Wildman–Crippen MR) is 88.1 cm³/mol. The molecular weight excluding hydrogens is 298 g/mol. The molecule has 1 aromatic heterocycles. The maximum atomic E-state index is 12.0. The lowest BCUT2D eigenvalue weighted by Crippen LogP contribution is -2.04. The van der Waals surface area contributed by atoms with Crippen LogP contribution >= 0.6 is 11.6 Å². The van der Waals surface area contributed by atoms with Crippen LogP contribution < -0.4 is 0 Å². The Hall–Kier alpha value is -2.39. The minimum Gasteiger partial charge on any atom is -0.462 e. The number of esters is 1. The van der Waals surface area contributed by atoms with Gasteiger partial charge in [0.2, 0.25) is 0 Å². The molecule has 1 heterocycles. The molecule has 0 aliphatic rings. The van der Waals surface area contributed by atoms with Crippen LogP contribution in [0.15, 0.2) is 54.9 Å². The van der Waals surface area contributed by atoms with Crippen LogP contribution in [0.1, 0.15) is 17.3 Å². The molecule has 0 unspecified atom stereocenters. The van der Waals surface area contributed by atoms with Crippen molar-refractivity contribution in [3.8, 4) is 11.1 Å². The number of benzene rings is 2. The summed E-state index contributed by atoms with van der Waals surface area (Å²) in [6.07, 6.45) is 3.44. The van der Waals surface area contributed by atoms with Crippen LogP contribution in [-0.2, 0) is 4.74 Å². The fraction of sp³-hybridized carbons (Fsp3) is 0.111. The largest absolute Gasteiger partial charge is 0.462 e. The first-order valence-electron chi connectivity index (χ1n) is 7.00. The number of pyridine rings is 1. The number of ether oxygens (including phenoxy) is 1. The van der Waals surface area contributed by atoms with Gasteiger partial charge in [-0.1, -0.05) is 23.7 Å². The number of nitrogens with zero attached hydrogens (tertiary/aromatic N) is 1. The molecule has 0 N–H and O–H groups in total. The Balaban J connectivity index is 2.24. The molecule has 0 amide bonds. The molecule has 0 aliphatic heterocycles. The number of hydrogen-bond donors (Lipinski definition) is 0. The highest BCUT2D eigenvalue weighted by atomic mass is 35.5. The molecule has 4 heteroatoms. The van der Waals surface area contributed by atoms with Crippen LogP contribution in [0.5, 0.6) is 0 Å². The molecule has 0 saturated carbocycles. The van der Waals surface area contributed by atoms with E-state index in [1.807, 2.05) is 36.4 Å². The summed E-state index contributed by atoms with van der Waals surface area (Å²) in [5.74, 6) is -0.329. The van der Waals surface area contributed by atoms with Gasteiger partial charge in [-0.25, -0.2) is 4.79 Å². The standard InChI is InChI=1S/C18H14ClNO2/c1-2-22-18(21)14-4-3-12-5-6-16(19)17(15(12)11-14)13-7-9-20-10-8-13/h3-11H,2H2,1H3. The molecule has 3 aromatic rings. The van der Waals surface area contributed by atoms with Crippen LogP contribution in [0.3, 0.4) is 0 Å². The van der Waals surface area contributed by atoms with Crippen molar-refractivity contribution >= 4 is 28.3 Å². The molecule has 3 nitrogen and oxygen atoms in total. The monoisotopic (exact) mass is 311 g/mol. The van der Waals surface area contributed by atoms with Crippen LogP contribution in [-0.4, -0.2) is 17.6 Å². The summed E-state index contributed by atoms with van der Waals surface area (Å²) >= 11 is 6.39. The number of fused-ring (bicyclic) bond motifs is 1. The zero-order chi connectivity index (χ0) is 15.5. The second kappa shape index (κ2) is 6.16. The number of carbonyl (C=O) groups excluding carboxylic acids is 1. The Morgan fingerprint density at radius 2 is 1.86 bits per heavy atom. The molecule has 3 rings (SSSR count). The van der Waals surface area contributed by atoms with Crippen LogP contribution in [0.2, 0.25) is 5.02 Å². The predicted octanol–water partition coefficient (Wildman–Crippen LogP) is 4.73. The fourth-order valence-corrected chi connectivity index (χ4v) is 2.72. The van der Waals surface area contributed by atoms with Gasteiger partial charge >= 0.3 is 5.97 Å². The highest BCUT2D eigenvalue weighted by Gasteiger charge is 2.12. The number of halogens is 1. The van der Waals surface area contributed by atoms with Gasteiger partial charge in [0, 0.05) is 23.0 Å². The lowest BCUT2D eigenvalue weighted by atomic mass is 9.97. The molecule has 0 bridgehead atoms. The zero-order valence-electron chi connectivity index (χ0n) is 12.0. The van der Waals surface area contributed by atoms with Gasteiger partial charge in [0.25, 0.3) is 0 Å². The fourth-order valence-electron chi connectivity index (χ4n) is 2.45. The van der Waals surface area contributed by atoms with Crippen molar-refractivity contribution in [2.75, 3.05) is 6.61 Å². The Morgan fingerprint density at radius 1 is 1.14 bits per heavy atom. The summed E-state index contributed by atoms with van der Waals surface area (Å²) in [5, 5.41) is 2.58. The third-order valence-electron chi connectivity index (χ3n) is 3.45. The highest BCUT2D eigenvalue weighted by Crippen LogP contribution is 2.35. The van der Waals surface area contributed by atoms with Crippen molar-refractivity contribution in [1.29, 1.82) is 0 Å². The van der Waals surface area contributed by atoms with Crippen molar-refractivity contribution in [3.05, 3.63) is 65.4 Å². The normalized spacial score (nSPS) is 10.6. The summed E-state index contributed by atoms with van der Waals surface area (Å²) in [7, 11) is 0. The zero-order valence-corrected chi connectivity index (χ0v) is 12.8. The van der Waals surface area contributed by atoms with E-state index in [1.54, 1.807) is 25.4 Å². The smallest absolute Gasteiger partial charge is 0.338 e. The quantitative estimate of drug-likeness (QED) is 0.656. The topological polar surface area (TPSA) is 39.2 Å². The van der Waals surface area contributed by atoms with Gasteiger partial charge in [-0.05, 0) is 53.6 Å². The van der Waals surface area contributed by atoms with E-state index in [9.17, 15) is 4.79 Å². The molecule has 0 atom stereocenters. The summed E-state index contributed by atoms with van der Waals surface area (Å²) in [6.45, 7) is 2.14. The summed E-state index contributed by atoms with van der Waals surface area (Å²) in [5.41, 5.74) is 2.38. The van der Waals surface area contributed by atoms with Gasteiger partial charge in [-0.2, -0.15) is 0 Å². The minimum absolute atomic E-state index is 0.329. The van der Waals surface area contributed by atoms with Gasteiger partial charge in [0.1, 0.15) is 0 Å². The molecule has 0 spiro atoms. The minimum atomic E-state index is -0.329. The molecule has 2 aromatic carbocycles. The average molecular weight is 312 g/mol. The third-order valence-corrected chi connectivity index (χ3v) is 3.77. The lowest BCUT2D eigenvalue weighted by molar-refractivity contribution is 0.0526. The van der Waals surface area contributed by atoms with E-state index >= 15 is 0 Å². The van der Waals surface area contributed by atoms with Crippen molar-refractivity contribution < 1.29 is 9.53 Å². The molecule has 110 valence electrons. The summed E-state index contributed by atoms with van der Waals surface area (Å²) < 4.78 is 5.07. The summed E-state index contributed by atoms with van der Waals surface area (Å²) in [4.78, 5) is 16.0. The molecule has 0 radical (unpaired) electrons. The van der Waals surface area contributed by atoms with E-state index in [-0.39, 0.29) is 5.97 Å². The second-order valence-corrected chi connectivity index (χ2v) is 5.22. The number of aromatic nitrogens is 1. The van der Waals surface area contributed by atoms with Gasteiger partial charge in [-0.3, -0.25) is 4.98 Å². The first-order valence-corrected chi connectivity index (χ1v) is 7.38. The van der Waals surface area contributed by atoms with Crippen LogP contribution in [0, 0.1) is 0 Å². The SMILES string of the molecule is CCOC(=O)c1ccc2ccc(Cl)c(-c3ccncc3)c2c1. The molecule has 0 saturated heterocycles. The van der Waals surface area contributed by atoms with E-state index in [4.69, 9.17) is 16.3 Å². The van der Waals surface area contributed by atoms with Crippen LogP contribution in [0.4, 0.5) is 0 Å². The number of hydrogen-bond acceptors (Lipinski definition) is 3. The maximum absolute atomic E-state index is 12.0. The third kappa shape index (κ3) is 2.68. The Labute approximate surface area is 133 Å². The highest BCUT2D eigenvalue weighted by molar-refractivity contribution is 6.35. The first kappa shape index (κ1) is 14.5. The van der Waals surface area contributed by atoms with E-state index in [1.165, 1.54) is 0 Å². The second-order valence-electron chi connectivity index (χ2n) is 4.81. The van der Waals surface area contributed by atoms with E-state index < -0.39 is 0 Å². The van der Waals surface area contributed by atoms with Gasteiger partial charge in [0.15, 0.2) is 0 Å². The summed E-state index contributed by atoms with van der Waals surface area (Å²) in [6, 6.07) is 13.1.